The molecule has 0 amide bonds. The van der Waals surface area contributed by atoms with Gasteiger partial charge >= 0.3 is 0 Å². The Bertz CT molecular complexity index is 3660. The lowest BCUT2D eigenvalue weighted by molar-refractivity contribution is 0.590. The van der Waals surface area contributed by atoms with E-state index in [0.717, 1.165) is 65.9 Å². The van der Waals surface area contributed by atoms with E-state index in [-0.39, 0.29) is 23.1 Å². The highest BCUT2D eigenvalue weighted by atomic mass is 15.2. The van der Waals surface area contributed by atoms with Crippen LogP contribution in [0, 0.1) is 0 Å². The number of rotatable bonds is 6. The molecule has 0 bridgehead atoms. The lowest BCUT2D eigenvalue weighted by Gasteiger charge is -2.19. The van der Waals surface area contributed by atoms with E-state index in [1.54, 1.807) is 0 Å². The molecule has 0 saturated carbocycles. The summed E-state index contributed by atoms with van der Waals surface area (Å²) in [5.41, 5.74) is 9.22. The summed E-state index contributed by atoms with van der Waals surface area (Å²) in [5, 5.41) is 3.92. The van der Waals surface area contributed by atoms with Crippen LogP contribution in [0.3, 0.4) is 0 Å². The number of fused-ring (bicyclic) bond motifs is 7. The quantitative estimate of drug-likeness (QED) is 0.169. The van der Waals surface area contributed by atoms with Crippen LogP contribution in [-0.4, -0.2) is 24.1 Å². The third-order valence-electron chi connectivity index (χ3n) is 11.5. The maximum atomic E-state index is 9.35. The van der Waals surface area contributed by atoms with Gasteiger partial charge in [0.05, 0.1) is 34.6 Å². The molecule has 3 heterocycles. The van der Waals surface area contributed by atoms with E-state index in [9.17, 15) is 2.74 Å². The van der Waals surface area contributed by atoms with Crippen LogP contribution >= 0.6 is 0 Å². The lowest BCUT2D eigenvalue weighted by Crippen LogP contribution is -2.11. The van der Waals surface area contributed by atoms with Crippen molar-refractivity contribution in [2.75, 3.05) is 0 Å². The van der Waals surface area contributed by atoms with Crippen molar-refractivity contribution in [3.63, 3.8) is 0 Å². The van der Waals surface area contributed by atoms with Crippen LogP contribution in [0.4, 0.5) is 0 Å². The highest BCUT2D eigenvalue weighted by Crippen LogP contribution is 2.45. The second kappa shape index (κ2) is 14.0. The van der Waals surface area contributed by atoms with Crippen molar-refractivity contribution in [2.45, 2.75) is 26.2 Å². The molecule has 0 unspecified atom stereocenters. The topological polar surface area (TPSA) is 48.5 Å². The van der Waals surface area contributed by atoms with E-state index >= 15 is 0 Å². The zero-order valence-electron chi connectivity index (χ0n) is 38.3. The van der Waals surface area contributed by atoms with Gasteiger partial charge in [0.2, 0.25) is 5.95 Å². The Kier molecular flexibility index (Phi) is 7.12. The van der Waals surface area contributed by atoms with Gasteiger partial charge in [-0.1, -0.05) is 197 Å². The van der Waals surface area contributed by atoms with Gasteiger partial charge in [0.1, 0.15) is 0 Å². The summed E-state index contributed by atoms with van der Waals surface area (Å²) in [6.07, 6.45) is 0. The predicted octanol–water partition coefficient (Wildman–Crippen LogP) is 14.0. The second-order valence-electron chi connectivity index (χ2n) is 16.1. The molecule has 0 spiro atoms. The molecule has 0 atom stereocenters. The Hall–Kier alpha value is -7.63. The standard InChI is InChI=1S/C55H41N5/c1-55(2,3)40-32-30-39(31-33-40)53-56-52(38-22-11-6-12-23-38)57-54(58-53)60-47-28-16-14-25-43(47)45-35-34-44-42-24-13-15-27-46(42)59(50(44)51(45)60)48-29-17-26-41(36-18-7-4-8-19-36)49(48)37-20-9-5-10-21-37/h4-35H,1-3H3/i5D,9D,10D,20D,21D. The van der Waals surface area contributed by atoms with Crippen LogP contribution in [-0.2, 0) is 5.41 Å². The SMILES string of the molecule is [2H]c1c([2H])c([2H])c(-c2c(-c3ccccc3)cccc2-n2c3ccccc3c3ccc4c5ccccc5n(-c5nc(-c6ccccc6)nc(-c6ccc(C(C)(C)C)cc6)n5)c4c32)c([2H])c1[2H]. The fourth-order valence-electron chi connectivity index (χ4n) is 8.61. The molecular weight excluding hydrogens is 731 g/mol. The molecule has 11 rings (SSSR count). The molecule has 5 nitrogen and oxygen atoms in total. The van der Waals surface area contributed by atoms with Crippen molar-refractivity contribution >= 4 is 43.6 Å². The van der Waals surface area contributed by atoms with Gasteiger partial charge in [-0.25, -0.2) is 4.98 Å². The van der Waals surface area contributed by atoms with E-state index in [2.05, 4.69) is 90.6 Å². The zero-order chi connectivity index (χ0) is 44.7. The van der Waals surface area contributed by atoms with Crippen molar-refractivity contribution in [3.05, 3.63) is 200 Å². The zero-order valence-corrected chi connectivity index (χ0v) is 33.3. The molecular formula is C55H41N5. The fraction of sp³-hybridized carbons (Fsp3) is 0.0727. The summed E-state index contributed by atoms with van der Waals surface area (Å²) < 4.78 is 49.2. The molecule has 286 valence electrons. The van der Waals surface area contributed by atoms with Crippen molar-refractivity contribution in [1.29, 1.82) is 0 Å². The van der Waals surface area contributed by atoms with Gasteiger partial charge in [-0.05, 0) is 45.9 Å². The van der Waals surface area contributed by atoms with E-state index in [1.807, 2.05) is 103 Å². The normalized spacial score (nSPS) is 13.1. The molecule has 0 saturated heterocycles. The van der Waals surface area contributed by atoms with Gasteiger partial charge in [-0.15, -0.1) is 0 Å². The average molecular weight is 777 g/mol. The first-order valence-corrected chi connectivity index (χ1v) is 20.1. The lowest BCUT2D eigenvalue weighted by atomic mass is 9.87. The molecule has 60 heavy (non-hydrogen) atoms. The summed E-state index contributed by atoms with van der Waals surface area (Å²) in [6.45, 7) is 6.59. The maximum Gasteiger partial charge on any atom is 0.238 e. The molecule has 0 aliphatic carbocycles. The van der Waals surface area contributed by atoms with E-state index in [1.165, 1.54) is 5.56 Å². The van der Waals surface area contributed by atoms with Crippen molar-refractivity contribution in [1.82, 2.24) is 24.1 Å². The minimum atomic E-state index is -0.442. The first-order valence-electron chi connectivity index (χ1n) is 22.6. The van der Waals surface area contributed by atoms with Crippen LogP contribution in [0.5, 0.6) is 0 Å². The minimum absolute atomic E-state index is 0.0339. The maximum absolute atomic E-state index is 9.35. The molecule has 3 aromatic heterocycles. The van der Waals surface area contributed by atoms with Crippen LogP contribution < -0.4 is 0 Å². The highest BCUT2D eigenvalue weighted by molar-refractivity contribution is 6.24. The Labute approximate surface area is 355 Å². The first kappa shape index (κ1) is 30.4. The Morgan fingerprint density at radius 1 is 0.433 bits per heavy atom. The Morgan fingerprint density at radius 2 is 0.967 bits per heavy atom. The molecule has 0 radical (unpaired) electrons. The summed E-state index contributed by atoms with van der Waals surface area (Å²) in [5.74, 6) is 1.50. The van der Waals surface area contributed by atoms with Crippen LogP contribution in [0.2, 0.25) is 0 Å². The molecule has 0 aliphatic heterocycles. The van der Waals surface area contributed by atoms with Gasteiger partial charge in [0.15, 0.2) is 11.6 Å². The molecule has 0 fully saturated rings. The number of para-hydroxylation sites is 2. The van der Waals surface area contributed by atoms with E-state index < -0.39 is 18.1 Å². The Morgan fingerprint density at radius 3 is 1.58 bits per heavy atom. The van der Waals surface area contributed by atoms with Crippen LogP contribution in [0.15, 0.2) is 194 Å². The number of benzene rings is 8. The third kappa shape index (κ3) is 5.81. The molecule has 5 heteroatoms. The monoisotopic (exact) mass is 776 g/mol. The predicted molar refractivity (Wildman–Crippen MR) is 249 cm³/mol. The van der Waals surface area contributed by atoms with Gasteiger partial charge in [0, 0.05) is 38.2 Å². The Balaban J connectivity index is 1.31. The summed E-state index contributed by atoms with van der Waals surface area (Å²) >= 11 is 0. The van der Waals surface area contributed by atoms with Crippen molar-refractivity contribution in [3.8, 4) is 56.7 Å². The van der Waals surface area contributed by atoms with Crippen molar-refractivity contribution in [2.24, 2.45) is 0 Å². The van der Waals surface area contributed by atoms with Gasteiger partial charge in [0.25, 0.3) is 0 Å². The summed E-state index contributed by atoms with van der Waals surface area (Å²) in [6, 6.07) is 53.1. The van der Waals surface area contributed by atoms with Crippen LogP contribution in [0.1, 0.15) is 33.2 Å². The first-order chi connectivity index (χ1) is 31.5. The summed E-state index contributed by atoms with van der Waals surface area (Å²) in [7, 11) is 0. The van der Waals surface area contributed by atoms with E-state index in [0.29, 0.717) is 28.8 Å². The molecule has 11 aromatic rings. The number of aromatic nitrogens is 5. The molecule has 0 aliphatic rings. The second-order valence-corrected chi connectivity index (χ2v) is 16.1. The van der Waals surface area contributed by atoms with Gasteiger partial charge < -0.3 is 4.57 Å². The highest BCUT2D eigenvalue weighted by Gasteiger charge is 2.25. The third-order valence-corrected chi connectivity index (χ3v) is 11.5. The van der Waals surface area contributed by atoms with Crippen molar-refractivity contribution < 1.29 is 6.85 Å². The molecule has 0 N–H and O–H groups in total. The summed E-state index contributed by atoms with van der Waals surface area (Å²) in [4.78, 5) is 15.7. The fourth-order valence-corrected chi connectivity index (χ4v) is 8.61. The molecule has 8 aromatic carbocycles. The van der Waals surface area contributed by atoms with Crippen LogP contribution in [0.25, 0.3) is 100 Å². The smallest absolute Gasteiger partial charge is 0.238 e. The van der Waals surface area contributed by atoms with Gasteiger partial charge in [-0.3, -0.25) is 4.57 Å². The minimum Gasteiger partial charge on any atom is -0.307 e. The van der Waals surface area contributed by atoms with Gasteiger partial charge in [-0.2, -0.15) is 9.97 Å². The largest absolute Gasteiger partial charge is 0.307 e. The number of nitrogens with zero attached hydrogens (tertiary/aromatic N) is 5. The average Bonchev–Trinajstić information content (AvgIpc) is 3.86. The number of hydrogen-bond donors (Lipinski definition) is 0. The van der Waals surface area contributed by atoms with E-state index in [4.69, 9.17) is 19.1 Å². The number of hydrogen-bond acceptors (Lipinski definition) is 3.